The molecule has 0 aliphatic heterocycles. The summed E-state index contributed by atoms with van der Waals surface area (Å²) in [5.41, 5.74) is 0. The van der Waals surface area contributed by atoms with Crippen LogP contribution in [0.5, 0.6) is 0 Å². The van der Waals surface area contributed by atoms with Crippen LogP contribution in [0.15, 0.2) is 85.1 Å². The van der Waals surface area contributed by atoms with Crippen molar-refractivity contribution < 1.29 is 28.6 Å². The molecule has 0 fully saturated rings. The second kappa shape index (κ2) is 59.2. The van der Waals surface area contributed by atoms with E-state index in [1.807, 2.05) is 6.08 Å². The molecule has 6 heteroatoms. The van der Waals surface area contributed by atoms with E-state index >= 15 is 0 Å². The van der Waals surface area contributed by atoms with E-state index in [4.69, 9.17) is 14.2 Å². The smallest absolute Gasteiger partial charge is 0.306 e. The Balaban J connectivity index is 4.30. The lowest BCUT2D eigenvalue weighted by atomic mass is 10.0. The third-order valence-electron chi connectivity index (χ3n) is 12.9. The number of hydrogen-bond donors (Lipinski definition) is 0. The predicted octanol–water partition coefficient (Wildman–Crippen LogP) is 20.3. The SMILES string of the molecule is CC/C=C\C/C=C\C/C=C\C/C=C\CCC(=O)OCC(COC(=O)CCCCCCCCCCCCCCCCCCCCCCCCCCC)OC(=O)CCCCCCC/C=C\C/C=C\C/C=C\CC. The Bertz CT molecular complexity index is 1370. The normalized spacial score (nSPS) is 12.7. The third-order valence-corrected chi connectivity index (χ3v) is 12.9. The minimum atomic E-state index is -0.814. The van der Waals surface area contributed by atoms with Crippen LogP contribution in [0.2, 0.25) is 0 Å². The van der Waals surface area contributed by atoms with Crippen LogP contribution in [0.1, 0.15) is 290 Å². The van der Waals surface area contributed by atoms with E-state index in [2.05, 4.69) is 99.8 Å². The maximum atomic E-state index is 12.8. The van der Waals surface area contributed by atoms with Gasteiger partial charge in [0.15, 0.2) is 6.10 Å². The van der Waals surface area contributed by atoms with Crippen molar-refractivity contribution in [2.24, 2.45) is 0 Å². The lowest BCUT2D eigenvalue weighted by molar-refractivity contribution is -0.166. The highest BCUT2D eigenvalue weighted by molar-refractivity contribution is 5.71. The quantitative estimate of drug-likeness (QED) is 0.0261. The standard InChI is InChI=1S/C65H112O6/c1-4-7-10-13-16-19-22-25-27-28-29-30-31-32-33-34-35-36-38-40-43-46-49-52-55-58-64(67)70-61-62(60-69-63(66)57-54-51-48-45-42-39-24-21-18-15-12-9-6-3)71-65(68)59-56-53-50-47-44-41-37-26-23-20-17-14-11-8-5-2/h8-9,11-12,17-18,20-21,26,37,39,42,48,51,62H,4-7,10,13-16,19,22-25,27-36,38,40-41,43-47,49-50,52-61H2,1-3H3/b11-8-,12-9-,20-17-,21-18-,37-26-,42-39-,51-48-. The fraction of sp³-hybridized carbons (Fsp3) is 0.738. The van der Waals surface area contributed by atoms with Gasteiger partial charge in [-0.05, 0) is 77.0 Å². The molecule has 0 aliphatic rings. The van der Waals surface area contributed by atoms with Crippen molar-refractivity contribution in [2.45, 2.75) is 297 Å². The van der Waals surface area contributed by atoms with E-state index in [1.165, 1.54) is 141 Å². The van der Waals surface area contributed by atoms with Gasteiger partial charge in [0.1, 0.15) is 13.2 Å². The lowest BCUT2D eigenvalue weighted by Crippen LogP contribution is -2.30. The molecule has 0 rings (SSSR count). The lowest BCUT2D eigenvalue weighted by Gasteiger charge is -2.18. The summed E-state index contributed by atoms with van der Waals surface area (Å²) in [4.78, 5) is 38.1. The number of esters is 3. The molecule has 0 aromatic heterocycles. The predicted molar refractivity (Wildman–Crippen MR) is 307 cm³/mol. The molecular formula is C65H112O6. The van der Waals surface area contributed by atoms with Crippen LogP contribution in [-0.2, 0) is 28.6 Å². The molecule has 0 amide bonds. The molecule has 1 atom stereocenters. The largest absolute Gasteiger partial charge is 0.462 e. The van der Waals surface area contributed by atoms with Crippen LogP contribution in [0, 0.1) is 0 Å². The average molecular weight is 990 g/mol. The van der Waals surface area contributed by atoms with Gasteiger partial charge in [0.05, 0.1) is 0 Å². The molecule has 6 nitrogen and oxygen atoms in total. The van der Waals surface area contributed by atoms with Gasteiger partial charge in [-0.15, -0.1) is 0 Å². The number of carbonyl (C=O) groups excluding carboxylic acids is 3. The van der Waals surface area contributed by atoms with E-state index in [0.29, 0.717) is 19.3 Å². The summed E-state index contributed by atoms with van der Waals surface area (Å²) in [6.45, 7) is 6.36. The zero-order valence-corrected chi connectivity index (χ0v) is 46.7. The highest BCUT2D eigenvalue weighted by Gasteiger charge is 2.19. The zero-order valence-electron chi connectivity index (χ0n) is 46.7. The molecule has 0 spiro atoms. The third kappa shape index (κ3) is 57.4. The highest BCUT2D eigenvalue weighted by atomic mass is 16.6. The monoisotopic (exact) mass is 989 g/mol. The van der Waals surface area contributed by atoms with Crippen molar-refractivity contribution in [1.82, 2.24) is 0 Å². The second-order valence-electron chi connectivity index (χ2n) is 19.9. The molecule has 0 radical (unpaired) electrons. The number of carbonyl (C=O) groups is 3. The van der Waals surface area contributed by atoms with Gasteiger partial charge in [0.2, 0.25) is 0 Å². The summed E-state index contributed by atoms with van der Waals surface area (Å²) in [6, 6.07) is 0. The van der Waals surface area contributed by atoms with Gasteiger partial charge in [-0.1, -0.05) is 279 Å². The summed E-state index contributed by atoms with van der Waals surface area (Å²) in [6.07, 6.45) is 77.6. The van der Waals surface area contributed by atoms with Crippen LogP contribution in [0.25, 0.3) is 0 Å². The Morgan fingerprint density at radius 3 is 0.944 bits per heavy atom. The fourth-order valence-electron chi connectivity index (χ4n) is 8.47. The minimum absolute atomic E-state index is 0.104. The Hall–Kier alpha value is -3.41. The van der Waals surface area contributed by atoms with Crippen molar-refractivity contribution in [1.29, 1.82) is 0 Å². The average Bonchev–Trinajstić information content (AvgIpc) is 3.37. The van der Waals surface area contributed by atoms with Crippen molar-refractivity contribution in [3.05, 3.63) is 85.1 Å². The van der Waals surface area contributed by atoms with Crippen molar-refractivity contribution in [2.75, 3.05) is 13.2 Å². The molecule has 1 unspecified atom stereocenters. The minimum Gasteiger partial charge on any atom is -0.462 e. The van der Waals surface area contributed by atoms with Gasteiger partial charge >= 0.3 is 17.9 Å². The highest BCUT2D eigenvalue weighted by Crippen LogP contribution is 2.17. The van der Waals surface area contributed by atoms with Gasteiger partial charge < -0.3 is 14.2 Å². The topological polar surface area (TPSA) is 78.9 Å². The van der Waals surface area contributed by atoms with Gasteiger partial charge in [0, 0.05) is 19.3 Å². The number of rotatable bonds is 54. The summed E-state index contributed by atoms with van der Waals surface area (Å²) in [5.74, 6) is -0.999. The van der Waals surface area contributed by atoms with Gasteiger partial charge in [-0.2, -0.15) is 0 Å². The summed E-state index contributed by atoms with van der Waals surface area (Å²) in [5, 5.41) is 0. The number of hydrogen-bond acceptors (Lipinski definition) is 6. The maximum Gasteiger partial charge on any atom is 0.306 e. The van der Waals surface area contributed by atoms with Crippen LogP contribution >= 0.6 is 0 Å². The number of unbranched alkanes of at least 4 members (excludes halogenated alkanes) is 29. The van der Waals surface area contributed by atoms with E-state index < -0.39 is 6.10 Å². The Morgan fingerprint density at radius 2 is 0.577 bits per heavy atom. The summed E-state index contributed by atoms with van der Waals surface area (Å²) in [7, 11) is 0. The van der Waals surface area contributed by atoms with Crippen LogP contribution in [0.4, 0.5) is 0 Å². The van der Waals surface area contributed by atoms with Crippen LogP contribution in [-0.4, -0.2) is 37.2 Å². The molecule has 71 heavy (non-hydrogen) atoms. The van der Waals surface area contributed by atoms with Gasteiger partial charge in [-0.3, -0.25) is 14.4 Å². The van der Waals surface area contributed by atoms with Crippen molar-refractivity contribution in [3.8, 4) is 0 Å². The number of allylic oxidation sites excluding steroid dienone is 14. The van der Waals surface area contributed by atoms with Crippen molar-refractivity contribution in [3.63, 3.8) is 0 Å². The first-order valence-electron chi connectivity index (χ1n) is 30.1. The van der Waals surface area contributed by atoms with E-state index in [0.717, 1.165) is 103 Å². The molecule has 0 saturated heterocycles. The first-order chi connectivity index (χ1) is 35.0. The first kappa shape index (κ1) is 67.6. The summed E-state index contributed by atoms with van der Waals surface area (Å²) < 4.78 is 16.8. The molecule has 408 valence electrons. The Morgan fingerprint density at radius 1 is 0.296 bits per heavy atom. The molecule has 0 saturated carbocycles. The molecule has 0 heterocycles. The van der Waals surface area contributed by atoms with E-state index in [9.17, 15) is 14.4 Å². The molecule has 0 bridgehead atoms. The van der Waals surface area contributed by atoms with Crippen LogP contribution < -0.4 is 0 Å². The Labute approximate surface area is 439 Å². The van der Waals surface area contributed by atoms with Gasteiger partial charge in [-0.25, -0.2) is 0 Å². The van der Waals surface area contributed by atoms with E-state index in [1.54, 1.807) is 0 Å². The van der Waals surface area contributed by atoms with Crippen molar-refractivity contribution >= 4 is 17.9 Å². The zero-order chi connectivity index (χ0) is 51.4. The van der Waals surface area contributed by atoms with E-state index in [-0.39, 0.29) is 37.5 Å². The fourth-order valence-corrected chi connectivity index (χ4v) is 8.47. The van der Waals surface area contributed by atoms with Crippen LogP contribution in [0.3, 0.4) is 0 Å². The maximum absolute atomic E-state index is 12.8. The molecule has 0 N–H and O–H groups in total. The molecule has 0 aliphatic carbocycles. The second-order valence-corrected chi connectivity index (χ2v) is 19.9. The van der Waals surface area contributed by atoms with Gasteiger partial charge in [0.25, 0.3) is 0 Å². The number of ether oxygens (including phenoxy) is 3. The summed E-state index contributed by atoms with van der Waals surface area (Å²) >= 11 is 0. The molecular weight excluding hydrogens is 877 g/mol. The molecule has 0 aromatic rings. The first-order valence-corrected chi connectivity index (χ1v) is 30.1. The molecule has 0 aromatic carbocycles. The Kier molecular flexibility index (Phi) is 56.3.